The Balaban J connectivity index is 1.65. The number of hydrogen-bond donors (Lipinski definition) is 1. The van der Waals surface area contributed by atoms with Gasteiger partial charge in [-0.05, 0) is 44.9 Å². The third kappa shape index (κ3) is 5.89. The second kappa shape index (κ2) is 10.3. The van der Waals surface area contributed by atoms with Crippen LogP contribution in [0.1, 0.15) is 53.1 Å². The van der Waals surface area contributed by atoms with Crippen LogP contribution in [0.15, 0.2) is 29.6 Å². The van der Waals surface area contributed by atoms with Gasteiger partial charge in [0.2, 0.25) is 5.91 Å². The van der Waals surface area contributed by atoms with E-state index in [9.17, 15) is 27.6 Å². The molecule has 2 aromatic rings. The number of aromatic nitrogens is 1. The molecule has 11 heteroatoms. The van der Waals surface area contributed by atoms with Crippen LogP contribution in [-0.2, 0) is 11.0 Å². The van der Waals surface area contributed by atoms with Crippen LogP contribution in [0.5, 0.6) is 0 Å². The fourth-order valence-electron chi connectivity index (χ4n) is 3.75. The largest absolute Gasteiger partial charge is 0.416 e. The summed E-state index contributed by atoms with van der Waals surface area (Å²) in [6.45, 7) is 5.86. The van der Waals surface area contributed by atoms with Crippen molar-refractivity contribution in [1.29, 1.82) is 0 Å². The van der Waals surface area contributed by atoms with Gasteiger partial charge in [0.15, 0.2) is 5.13 Å². The second-order valence-electron chi connectivity index (χ2n) is 7.67. The van der Waals surface area contributed by atoms with E-state index in [1.165, 1.54) is 11.4 Å². The lowest BCUT2D eigenvalue weighted by Crippen LogP contribution is -2.46. The molecule has 0 aliphatic carbocycles. The highest BCUT2D eigenvalue weighted by Crippen LogP contribution is 2.30. The molecule has 178 valence electrons. The predicted octanol–water partition coefficient (Wildman–Crippen LogP) is 4.13. The van der Waals surface area contributed by atoms with E-state index in [0.717, 1.165) is 29.5 Å². The van der Waals surface area contributed by atoms with Gasteiger partial charge in [-0.3, -0.25) is 19.7 Å². The second-order valence-corrected chi connectivity index (χ2v) is 8.53. The number of carbonyl (C=O) groups is 3. The summed E-state index contributed by atoms with van der Waals surface area (Å²) in [4.78, 5) is 45.4. The number of amides is 3. The van der Waals surface area contributed by atoms with Gasteiger partial charge in [0.1, 0.15) is 5.69 Å². The number of rotatable bonds is 6. The zero-order valence-corrected chi connectivity index (χ0v) is 19.1. The van der Waals surface area contributed by atoms with Gasteiger partial charge in [-0.15, -0.1) is 11.3 Å². The number of benzene rings is 1. The number of carbonyl (C=O) groups excluding carboxylic acids is 3. The summed E-state index contributed by atoms with van der Waals surface area (Å²) in [5.74, 6) is -1.33. The van der Waals surface area contributed by atoms with Gasteiger partial charge in [0.25, 0.3) is 11.8 Å². The molecular weight excluding hydrogens is 457 g/mol. The summed E-state index contributed by atoms with van der Waals surface area (Å²) in [5.41, 5.74) is -0.971. The number of nitrogens with one attached hydrogen (secondary N) is 1. The summed E-state index contributed by atoms with van der Waals surface area (Å²) in [7, 11) is 0. The van der Waals surface area contributed by atoms with E-state index in [-0.39, 0.29) is 34.1 Å². The molecule has 7 nitrogen and oxygen atoms in total. The summed E-state index contributed by atoms with van der Waals surface area (Å²) in [6, 6.07) is 4.06. The molecule has 1 aliphatic heterocycles. The minimum Gasteiger partial charge on any atom is -0.343 e. The Labute approximate surface area is 193 Å². The molecule has 3 rings (SSSR count). The molecule has 1 aromatic heterocycles. The van der Waals surface area contributed by atoms with E-state index in [4.69, 9.17) is 0 Å². The molecule has 33 heavy (non-hydrogen) atoms. The number of halogens is 3. The van der Waals surface area contributed by atoms with Crippen molar-refractivity contribution in [3.05, 3.63) is 46.5 Å². The van der Waals surface area contributed by atoms with Crippen LogP contribution in [0.3, 0.4) is 0 Å². The third-order valence-corrected chi connectivity index (χ3v) is 6.29. The van der Waals surface area contributed by atoms with Crippen LogP contribution in [0.2, 0.25) is 0 Å². The van der Waals surface area contributed by atoms with Crippen molar-refractivity contribution in [3.8, 4) is 0 Å². The highest BCUT2D eigenvalue weighted by molar-refractivity contribution is 7.14. The van der Waals surface area contributed by atoms with E-state index < -0.39 is 17.6 Å². The van der Waals surface area contributed by atoms with E-state index in [2.05, 4.69) is 10.3 Å². The first-order valence-electron chi connectivity index (χ1n) is 10.7. The average Bonchev–Trinajstić information content (AvgIpc) is 3.27. The molecule has 1 N–H and O–H groups in total. The van der Waals surface area contributed by atoms with Gasteiger partial charge in [0.05, 0.1) is 11.5 Å². The molecule has 2 heterocycles. The summed E-state index contributed by atoms with van der Waals surface area (Å²) in [6.07, 6.45) is -3.14. The van der Waals surface area contributed by atoms with Gasteiger partial charge in [-0.2, -0.15) is 13.2 Å². The lowest BCUT2D eigenvalue weighted by molar-refractivity contribution is -0.138. The predicted molar refractivity (Wildman–Crippen MR) is 118 cm³/mol. The number of thiazole rings is 1. The lowest BCUT2D eigenvalue weighted by Gasteiger charge is -2.34. The maximum absolute atomic E-state index is 12.9. The molecule has 1 aliphatic rings. The number of anilines is 1. The molecule has 0 bridgehead atoms. The van der Waals surface area contributed by atoms with E-state index in [1.54, 1.807) is 9.80 Å². The summed E-state index contributed by atoms with van der Waals surface area (Å²) >= 11 is 1.01. The molecular formula is C22H25F3N4O3S. The number of likely N-dealkylation sites (tertiary alicyclic amines) is 1. The molecule has 0 unspecified atom stereocenters. The van der Waals surface area contributed by atoms with E-state index in [1.807, 2.05) is 13.8 Å². The molecule has 1 fully saturated rings. The van der Waals surface area contributed by atoms with Gasteiger partial charge < -0.3 is 9.80 Å². The molecule has 1 aromatic carbocycles. The Morgan fingerprint density at radius 3 is 2.64 bits per heavy atom. The van der Waals surface area contributed by atoms with Crippen LogP contribution in [-0.4, -0.2) is 58.7 Å². The van der Waals surface area contributed by atoms with Crippen molar-refractivity contribution in [1.82, 2.24) is 14.8 Å². The monoisotopic (exact) mass is 482 g/mol. The topological polar surface area (TPSA) is 82.6 Å². The van der Waals surface area contributed by atoms with Crippen LogP contribution < -0.4 is 5.32 Å². The Kier molecular flexibility index (Phi) is 7.72. The molecule has 0 saturated carbocycles. The smallest absolute Gasteiger partial charge is 0.343 e. The minimum atomic E-state index is -4.56. The normalized spacial score (nSPS) is 16.4. The van der Waals surface area contributed by atoms with Crippen LogP contribution in [0.25, 0.3) is 0 Å². The van der Waals surface area contributed by atoms with Crippen LogP contribution in [0, 0.1) is 5.92 Å². The van der Waals surface area contributed by atoms with Gasteiger partial charge in [-0.1, -0.05) is 6.07 Å². The Morgan fingerprint density at radius 1 is 1.24 bits per heavy atom. The number of alkyl halides is 3. The molecule has 3 amide bonds. The Bertz CT molecular complexity index is 1020. The fraction of sp³-hybridized carbons (Fsp3) is 0.455. The first kappa shape index (κ1) is 24.7. The summed E-state index contributed by atoms with van der Waals surface area (Å²) in [5, 5.41) is 4.03. The minimum absolute atomic E-state index is 0.0322. The van der Waals surface area contributed by atoms with Gasteiger partial charge in [0, 0.05) is 37.1 Å². The van der Waals surface area contributed by atoms with E-state index >= 15 is 0 Å². The first-order chi connectivity index (χ1) is 15.6. The van der Waals surface area contributed by atoms with Gasteiger partial charge in [-0.25, -0.2) is 4.98 Å². The Hall–Kier alpha value is -2.95. The number of nitrogens with zero attached hydrogens (tertiary/aromatic N) is 3. The number of hydrogen-bond acceptors (Lipinski definition) is 5. The maximum atomic E-state index is 12.9. The van der Waals surface area contributed by atoms with Crippen molar-refractivity contribution in [2.45, 2.75) is 32.9 Å². The standard InChI is InChI=1S/C22H25F3N4O3S/c1-3-28(4-2)19(31)15-8-6-10-29(12-15)20(32)17-13-33-21(26-17)27-18(30)14-7-5-9-16(11-14)22(23,24)25/h5,7,9,11,13,15H,3-4,6,8,10,12H2,1-2H3,(H,26,27,30)/t15-/m0/s1. The highest BCUT2D eigenvalue weighted by Gasteiger charge is 2.32. The van der Waals surface area contributed by atoms with Gasteiger partial charge >= 0.3 is 6.18 Å². The van der Waals surface area contributed by atoms with Crippen molar-refractivity contribution >= 4 is 34.2 Å². The SMILES string of the molecule is CCN(CC)C(=O)[C@H]1CCCN(C(=O)c2csc(NC(=O)c3cccc(C(F)(F)F)c3)n2)C1. The zero-order chi connectivity index (χ0) is 24.2. The lowest BCUT2D eigenvalue weighted by atomic mass is 9.96. The van der Waals surface area contributed by atoms with Crippen molar-refractivity contribution < 1.29 is 27.6 Å². The quantitative estimate of drug-likeness (QED) is 0.671. The molecule has 0 spiro atoms. The zero-order valence-electron chi connectivity index (χ0n) is 18.3. The molecule has 1 atom stereocenters. The third-order valence-electron chi connectivity index (χ3n) is 5.53. The van der Waals surface area contributed by atoms with Crippen LogP contribution in [0.4, 0.5) is 18.3 Å². The molecule has 0 radical (unpaired) electrons. The highest BCUT2D eigenvalue weighted by atomic mass is 32.1. The van der Waals surface area contributed by atoms with Crippen molar-refractivity contribution in [2.75, 3.05) is 31.5 Å². The first-order valence-corrected chi connectivity index (χ1v) is 11.5. The number of piperidine rings is 1. The summed E-state index contributed by atoms with van der Waals surface area (Å²) < 4.78 is 38.6. The van der Waals surface area contributed by atoms with Crippen LogP contribution >= 0.6 is 11.3 Å². The van der Waals surface area contributed by atoms with Crippen molar-refractivity contribution in [3.63, 3.8) is 0 Å². The fourth-order valence-corrected chi connectivity index (χ4v) is 4.43. The average molecular weight is 483 g/mol. The van der Waals surface area contributed by atoms with E-state index in [0.29, 0.717) is 39.0 Å². The molecule has 1 saturated heterocycles. The Morgan fingerprint density at radius 2 is 1.97 bits per heavy atom. The maximum Gasteiger partial charge on any atom is 0.416 e. The van der Waals surface area contributed by atoms with Crippen molar-refractivity contribution in [2.24, 2.45) is 5.92 Å².